The van der Waals surface area contributed by atoms with Gasteiger partial charge >= 0.3 is 18.2 Å². The molecule has 2 amide bonds. The molecule has 212 valence electrons. The van der Waals surface area contributed by atoms with E-state index in [0.717, 1.165) is 56.6 Å². The van der Waals surface area contributed by atoms with Gasteiger partial charge in [-0.3, -0.25) is 0 Å². The van der Waals surface area contributed by atoms with Gasteiger partial charge in [-0.1, -0.05) is 6.07 Å². The van der Waals surface area contributed by atoms with Crippen molar-refractivity contribution in [2.45, 2.75) is 96.5 Å². The van der Waals surface area contributed by atoms with Crippen LogP contribution in [0.4, 0.5) is 15.4 Å². The quantitative estimate of drug-likeness (QED) is 0.315. The Bertz CT molecular complexity index is 959. The van der Waals surface area contributed by atoms with E-state index in [4.69, 9.17) is 19.2 Å². The van der Waals surface area contributed by atoms with E-state index in [1.165, 1.54) is 5.56 Å². The average Bonchev–Trinajstić information content (AvgIpc) is 2.81. The third-order valence-electron chi connectivity index (χ3n) is 6.54. The van der Waals surface area contributed by atoms with Gasteiger partial charge in [-0.15, -0.1) is 0 Å². The number of carbonyl (C=O) groups excluding carboxylic acids is 2. The van der Waals surface area contributed by atoms with E-state index in [9.17, 15) is 19.5 Å². The molecule has 11 nitrogen and oxygen atoms in total. The Morgan fingerprint density at radius 3 is 2.68 bits per heavy atom. The monoisotopic (exact) mass is 534 g/mol. The zero-order chi connectivity index (χ0) is 27.7. The number of aromatic nitrogens is 1. The fraction of sp³-hybridized carbons (Fsp3) is 0.704. The Labute approximate surface area is 224 Å². The molecule has 2 atom stereocenters. The van der Waals surface area contributed by atoms with E-state index in [2.05, 4.69) is 28.1 Å². The molecule has 1 unspecified atom stereocenters. The van der Waals surface area contributed by atoms with Crippen LogP contribution in [0.15, 0.2) is 12.1 Å². The maximum absolute atomic E-state index is 12.1. The van der Waals surface area contributed by atoms with Crippen LogP contribution in [0.1, 0.15) is 71.1 Å². The lowest BCUT2D eigenvalue weighted by atomic mass is 9.79. The number of hydrogen-bond donors (Lipinski definition) is 4. The van der Waals surface area contributed by atoms with Crippen LogP contribution in [0.25, 0.3) is 0 Å². The molecule has 0 bridgehead atoms. The molecule has 11 heteroatoms. The van der Waals surface area contributed by atoms with Crippen molar-refractivity contribution in [2.75, 3.05) is 25.0 Å². The number of hydrogen-bond acceptors (Lipinski definition) is 8. The summed E-state index contributed by atoms with van der Waals surface area (Å²) in [5.74, 6) is 0.439. The number of nitrogens with one attached hydrogen (secondary N) is 3. The van der Waals surface area contributed by atoms with Crippen molar-refractivity contribution in [1.82, 2.24) is 15.6 Å². The number of alkyl carbamates (subject to hydrolysis) is 2. The molecular weight excluding hydrogens is 492 g/mol. The zero-order valence-corrected chi connectivity index (χ0v) is 22.9. The SMILES string of the molecule is C[C@H](CNC(=O)OC(C)(C)C)OC(=O)NC(CCOC1CC(CCc2ccc3c(n2)NCCC3)C1)C(=O)O. The summed E-state index contributed by atoms with van der Waals surface area (Å²) in [5.41, 5.74) is 1.77. The van der Waals surface area contributed by atoms with Crippen LogP contribution in [0.2, 0.25) is 0 Å². The van der Waals surface area contributed by atoms with Crippen LogP contribution in [0.5, 0.6) is 0 Å². The van der Waals surface area contributed by atoms with Crippen molar-refractivity contribution in [3.8, 4) is 0 Å². The molecule has 1 fully saturated rings. The highest BCUT2D eigenvalue weighted by molar-refractivity contribution is 5.79. The lowest BCUT2D eigenvalue weighted by Crippen LogP contribution is -2.44. The number of nitrogens with zero attached hydrogens (tertiary/aromatic N) is 1. The third-order valence-corrected chi connectivity index (χ3v) is 6.54. The lowest BCUT2D eigenvalue weighted by Gasteiger charge is -2.35. The van der Waals surface area contributed by atoms with E-state index < -0.39 is 35.9 Å². The molecular formula is C27H42N4O7. The van der Waals surface area contributed by atoms with Crippen LogP contribution in [-0.4, -0.2) is 71.8 Å². The fourth-order valence-corrected chi connectivity index (χ4v) is 4.46. The lowest BCUT2D eigenvalue weighted by molar-refractivity contribution is -0.140. The van der Waals surface area contributed by atoms with Gasteiger partial charge in [0, 0.05) is 25.3 Å². The molecule has 4 N–H and O–H groups in total. The maximum atomic E-state index is 12.1. The Kier molecular flexibility index (Phi) is 10.6. The summed E-state index contributed by atoms with van der Waals surface area (Å²) < 4.78 is 16.1. The molecule has 38 heavy (non-hydrogen) atoms. The molecule has 1 aliphatic carbocycles. The molecule has 0 aromatic carbocycles. The van der Waals surface area contributed by atoms with Gasteiger partial charge in [0.2, 0.25) is 0 Å². The number of aryl methyl sites for hydroxylation is 2. The molecule has 3 rings (SSSR count). The summed E-state index contributed by atoms with van der Waals surface area (Å²) in [6, 6.07) is 3.18. The summed E-state index contributed by atoms with van der Waals surface area (Å²) in [6.45, 7) is 8.05. The van der Waals surface area contributed by atoms with Gasteiger partial charge in [-0.25, -0.2) is 19.4 Å². The predicted molar refractivity (Wildman–Crippen MR) is 141 cm³/mol. The number of fused-ring (bicyclic) bond motifs is 1. The van der Waals surface area contributed by atoms with E-state index in [1.54, 1.807) is 27.7 Å². The Morgan fingerprint density at radius 1 is 1.21 bits per heavy atom. The number of carboxylic acids is 1. The van der Waals surface area contributed by atoms with Crippen molar-refractivity contribution < 1.29 is 33.7 Å². The molecule has 1 aromatic rings. The number of rotatable bonds is 12. The van der Waals surface area contributed by atoms with Gasteiger partial charge in [-0.05, 0) is 83.8 Å². The van der Waals surface area contributed by atoms with Crippen LogP contribution < -0.4 is 16.0 Å². The smallest absolute Gasteiger partial charge is 0.408 e. The number of anilines is 1. The first-order valence-electron chi connectivity index (χ1n) is 13.5. The zero-order valence-electron chi connectivity index (χ0n) is 22.9. The molecule has 1 aromatic heterocycles. The second-order valence-electron chi connectivity index (χ2n) is 11.1. The number of carboxylic acid groups (broad SMARTS) is 1. The van der Waals surface area contributed by atoms with E-state index in [-0.39, 0.29) is 25.7 Å². The number of carbonyl (C=O) groups is 3. The Hall–Kier alpha value is -3.08. The summed E-state index contributed by atoms with van der Waals surface area (Å²) in [4.78, 5) is 40.2. The van der Waals surface area contributed by atoms with Gasteiger partial charge < -0.3 is 35.3 Å². The first-order valence-corrected chi connectivity index (χ1v) is 13.5. The minimum atomic E-state index is -1.16. The van der Waals surface area contributed by atoms with Crippen LogP contribution in [0.3, 0.4) is 0 Å². The standard InChI is InChI=1S/C27H42N4O7/c1-17(16-29-25(34)38-27(2,3)4)37-26(35)31-22(24(32)33)11-13-36-21-14-18(15-21)7-9-20-10-8-19-6-5-12-28-23(19)30-20/h8,10,17-18,21-22H,5-7,9,11-16H2,1-4H3,(H,28,30)(H,29,34)(H,31,35)(H,32,33)/t17-,18?,21?,22?/m1/s1. The molecule has 1 aliphatic heterocycles. The fourth-order valence-electron chi connectivity index (χ4n) is 4.46. The van der Waals surface area contributed by atoms with Gasteiger partial charge in [0.15, 0.2) is 0 Å². The number of ether oxygens (including phenoxy) is 3. The van der Waals surface area contributed by atoms with Crippen LogP contribution in [0, 0.1) is 5.92 Å². The van der Waals surface area contributed by atoms with Gasteiger partial charge in [-0.2, -0.15) is 0 Å². The molecule has 0 saturated heterocycles. The summed E-state index contributed by atoms with van der Waals surface area (Å²) in [6.07, 6.45) is 4.18. The van der Waals surface area contributed by atoms with Gasteiger partial charge in [0.25, 0.3) is 0 Å². The average molecular weight is 535 g/mol. The summed E-state index contributed by atoms with van der Waals surface area (Å²) in [7, 11) is 0. The van der Waals surface area contributed by atoms with Crippen molar-refractivity contribution >= 4 is 24.0 Å². The molecule has 2 aliphatic rings. The summed E-state index contributed by atoms with van der Waals surface area (Å²) >= 11 is 0. The number of amides is 2. The maximum Gasteiger partial charge on any atom is 0.408 e. The second-order valence-corrected chi connectivity index (χ2v) is 11.1. The molecule has 2 heterocycles. The van der Waals surface area contributed by atoms with Gasteiger partial charge in [0.05, 0.1) is 12.6 Å². The molecule has 1 saturated carbocycles. The normalized spacial score (nSPS) is 20.1. The Morgan fingerprint density at radius 2 is 1.97 bits per heavy atom. The minimum absolute atomic E-state index is 0.0332. The van der Waals surface area contributed by atoms with E-state index in [1.807, 2.05) is 0 Å². The first-order chi connectivity index (χ1) is 18.0. The van der Waals surface area contributed by atoms with Crippen molar-refractivity contribution in [1.29, 1.82) is 0 Å². The minimum Gasteiger partial charge on any atom is -0.480 e. The van der Waals surface area contributed by atoms with Crippen LogP contribution >= 0.6 is 0 Å². The van der Waals surface area contributed by atoms with Crippen LogP contribution in [-0.2, 0) is 31.8 Å². The Balaban J connectivity index is 1.28. The first kappa shape index (κ1) is 29.5. The van der Waals surface area contributed by atoms with E-state index in [0.29, 0.717) is 5.92 Å². The van der Waals surface area contributed by atoms with E-state index >= 15 is 0 Å². The third kappa shape index (κ3) is 10.00. The van der Waals surface area contributed by atoms with Crippen molar-refractivity contribution in [2.24, 2.45) is 5.92 Å². The van der Waals surface area contributed by atoms with Crippen molar-refractivity contribution in [3.05, 3.63) is 23.4 Å². The summed E-state index contributed by atoms with van der Waals surface area (Å²) in [5, 5.41) is 17.7. The largest absolute Gasteiger partial charge is 0.480 e. The highest BCUT2D eigenvalue weighted by Gasteiger charge is 2.30. The van der Waals surface area contributed by atoms with Crippen molar-refractivity contribution in [3.63, 3.8) is 0 Å². The molecule has 0 spiro atoms. The molecule has 0 radical (unpaired) electrons. The predicted octanol–water partition coefficient (Wildman–Crippen LogP) is 3.65. The second kappa shape index (κ2) is 13.6. The van der Waals surface area contributed by atoms with Gasteiger partial charge in [0.1, 0.15) is 23.6 Å². The number of pyridine rings is 1. The highest BCUT2D eigenvalue weighted by Crippen LogP contribution is 2.34. The number of aliphatic carboxylic acids is 1. The highest BCUT2D eigenvalue weighted by atomic mass is 16.6. The topological polar surface area (TPSA) is 148 Å².